The van der Waals surface area contributed by atoms with Crippen molar-refractivity contribution < 1.29 is 27.9 Å². The zero-order valence-electron chi connectivity index (χ0n) is 18.7. The van der Waals surface area contributed by atoms with Crippen LogP contribution in [0.25, 0.3) is 22.9 Å². The van der Waals surface area contributed by atoms with Gasteiger partial charge in [0, 0.05) is 26.2 Å². The van der Waals surface area contributed by atoms with Crippen LogP contribution in [0.1, 0.15) is 5.56 Å². The quantitative estimate of drug-likeness (QED) is 0.374. The van der Waals surface area contributed by atoms with Crippen molar-refractivity contribution in [3.05, 3.63) is 57.2 Å². The molecule has 1 amide bonds. The molecule has 0 atom stereocenters. The van der Waals surface area contributed by atoms with Gasteiger partial charge in [0.2, 0.25) is 11.9 Å². The molecule has 1 fully saturated rings. The number of carboxylic acid groups (broad SMARTS) is 1. The lowest BCUT2D eigenvalue weighted by atomic mass is 10.1. The van der Waals surface area contributed by atoms with Crippen molar-refractivity contribution in [2.75, 3.05) is 31.1 Å². The van der Waals surface area contributed by atoms with E-state index in [1.54, 1.807) is 10.6 Å². The number of hydrogen-bond donors (Lipinski definition) is 4. The fourth-order valence-corrected chi connectivity index (χ4v) is 3.58. The van der Waals surface area contributed by atoms with Crippen molar-refractivity contribution >= 4 is 35.1 Å². The molecule has 3 heterocycles. The van der Waals surface area contributed by atoms with Gasteiger partial charge in [-0.25, -0.2) is 9.59 Å². The van der Waals surface area contributed by atoms with Gasteiger partial charge in [-0.1, -0.05) is 30.9 Å². The Morgan fingerprint density at radius 2 is 1.81 bits per heavy atom. The van der Waals surface area contributed by atoms with Crippen LogP contribution >= 0.6 is 0 Å². The maximum absolute atomic E-state index is 12.8. The maximum Gasteiger partial charge on any atom is 0.490 e. The maximum atomic E-state index is 12.8. The number of piperazine rings is 1. The Kier molecular flexibility index (Phi) is 7.62. The number of rotatable bonds is 5. The first-order chi connectivity index (χ1) is 17.0. The number of alkyl halides is 3. The third-order valence-corrected chi connectivity index (χ3v) is 5.13. The van der Waals surface area contributed by atoms with Gasteiger partial charge in [-0.2, -0.15) is 18.2 Å². The van der Waals surface area contributed by atoms with Crippen molar-refractivity contribution in [1.82, 2.24) is 24.4 Å². The predicted molar refractivity (Wildman–Crippen MR) is 124 cm³/mol. The lowest BCUT2D eigenvalue weighted by molar-refractivity contribution is -0.192. The number of carboxylic acids is 1. The fourth-order valence-electron chi connectivity index (χ4n) is 3.58. The number of anilines is 1. The lowest BCUT2D eigenvalue weighted by Crippen LogP contribution is -2.44. The third-order valence-electron chi connectivity index (χ3n) is 5.13. The Labute approximate surface area is 200 Å². The normalized spacial score (nSPS) is 13.7. The molecule has 0 unspecified atom stereocenters. The molecular formula is C21H22F3N7O5. The summed E-state index contributed by atoms with van der Waals surface area (Å²) in [5.74, 6) is -2.94. The van der Waals surface area contributed by atoms with E-state index in [-0.39, 0.29) is 17.7 Å². The second-order valence-corrected chi connectivity index (χ2v) is 7.53. The number of para-hydroxylation sites is 1. The smallest absolute Gasteiger partial charge is 0.475 e. The number of amides is 1. The summed E-state index contributed by atoms with van der Waals surface area (Å²) in [5, 5.41) is 10.4. The molecular weight excluding hydrogens is 487 g/mol. The summed E-state index contributed by atoms with van der Waals surface area (Å²) in [7, 11) is 0. The number of H-pyrrole nitrogens is 1. The highest BCUT2D eigenvalue weighted by Gasteiger charge is 2.38. The van der Waals surface area contributed by atoms with Crippen LogP contribution in [0.2, 0.25) is 0 Å². The van der Waals surface area contributed by atoms with Gasteiger partial charge in [-0.3, -0.25) is 23.7 Å². The number of nitrogens with two attached hydrogens (primary N) is 1. The molecule has 0 spiro atoms. The Balaban J connectivity index is 0.000000454. The highest BCUT2D eigenvalue weighted by atomic mass is 19.4. The van der Waals surface area contributed by atoms with E-state index in [9.17, 15) is 27.6 Å². The monoisotopic (exact) mass is 509 g/mol. The second kappa shape index (κ2) is 10.5. The fraction of sp³-hybridized carbons (Fsp3) is 0.286. The standard InChI is InChI=1S/C19H21N7O3.C2HF3O2/c1-2-12-5-3-4-6-13(12)26-15-16(22-18(26)24-9-7-21-8-10-24)25(11-14(20)27)19(29)23-17(15)28;3-2(4,5)1(6)7/h2-6,21H,1,7-11H2,(H2,20,27)(H,23,28,29);(H,6,7). The molecule has 2 aromatic heterocycles. The van der Waals surface area contributed by atoms with Gasteiger partial charge in [0.15, 0.2) is 11.2 Å². The number of aliphatic carboxylic acids is 1. The van der Waals surface area contributed by atoms with Crippen molar-refractivity contribution in [2.24, 2.45) is 5.73 Å². The van der Waals surface area contributed by atoms with Gasteiger partial charge in [0.25, 0.3) is 5.56 Å². The molecule has 4 rings (SSSR count). The first kappa shape index (κ1) is 26.2. The first-order valence-electron chi connectivity index (χ1n) is 10.5. The minimum atomic E-state index is -5.08. The van der Waals surface area contributed by atoms with E-state index < -0.39 is 29.3 Å². The van der Waals surface area contributed by atoms with E-state index in [1.807, 2.05) is 29.2 Å². The number of carbonyl (C=O) groups is 2. The average Bonchev–Trinajstić information content (AvgIpc) is 3.23. The number of carbonyl (C=O) groups excluding carboxylic acids is 1. The summed E-state index contributed by atoms with van der Waals surface area (Å²) >= 11 is 0. The van der Waals surface area contributed by atoms with Crippen molar-refractivity contribution in [2.45, 2.75) is 12.7 Å². The molecule has 36 heavy (non-hydrogen) atoms. The molecule has 1 saturated heterocycles. The Morgan fingerprint density at radius 1 is 1.19 bits per heavy atom. The molecule has 3 aromatic rings. The van der Waals surface area contributed by atoms with Gasteiger partial charge in [0.1, 0.15) is 6.54 Å². The van der Waals surface area contributed by atoms with E-state index in [4.69, 9.17) is 15.6 Å². The average molecular weight is 509 g/mol. The highest BCUT2D eigenvalue weighted by molar-refractivity contribution is 5.81. The molecule has 1 aliphatic heterocycles. The minimum Gasteiger partial charge on any atom is -0.475 e. The molecule has 15 heteroatoms. The Hall–Kier alpha value is -4.40. The van der Waals surface area contributed by atoms with Gasteiger partial charge in [0.05, 0.1) is 5.69 Å². The number of nitrogens with zero attached hydrogens (tertiary/aromatic N) is 4. The van der Waals surface area contributed by atoms with Gasteiger partial charge < -0.3 is 21.1 Å². The zero-order chi connectivity index (χ0) is 26.6. The van der Waals surface area contributed by atoms with Gasteiger partial charge in [-0.15, -0.1) is 0 Å². The highest BCUT2D eigenvalue weighted by Crippen LogP contribution is 2.27. The summed E-state index contributed by atoms with van der Waals surface area (Å²) in [6.07, 6.45) is -3.39. The summed E-state index contributed by atoms with van der Waals surface area (Å²) in [4.78, 5) is 54.5. The van der Waals surface area contributed by atoms with E-state index in [0.29, 0.717) is 24.7 Å². The zero-order valence-corrected chi connectivity index (χ0v) is 18.7. The first-order valence-corrected chi connectivity index (χ1v) is 10.5. The Bertz CT molecular complexity index is 1420. The SMILES string of the molecule is C=Cc1ccccc1-n1c(N2CCNCC2)nc2c1c(=O)[nH]c(=O)n2CC(N)=O.O=C(O)C(F)(F)F. The van der Waals surface area contributed by atoms with Crippen LogP contribution in [0.4, 0.5) is 19.1 Å². The number of aromatic nitrogens is 4. The molecule has 192 valence electrons. The number of aromatic amines is 1. The van der Waals surface area contributed by atoms with Crippen LogP contribution in [0.5, 0.6) is 0 Å². The second-order valence-electron chi connectivity index (χ2n) is 7.53. The molecule has 0 bridgehead atoms. The Morgan fingerprint density at radius 3 is 2.36 bits per heavy atom. The number of imidazole rings is 1. The molecule has 0 radical (unpaired) electrons. The summed E-state index contributed by atoms with van der Waals surface area (Å²) < 4.78 is 34.5. The van der Waals surface area contributed by atoms with Gasteiger partial charge in [-0.05, 0) is 11.6 Å². The van der Waals surface area contributed by atoms with Crippen LogP contribution in [0.15, 0.2) is 40.4 Å². The lowest BCUT2D eigenvalue weighted by Gasteiger charge is -2.29. The van der Waals surface area contributed by atoms with E-state index >= 15 is 0 Å². The van der Waals surface area contributed by atoms with Crippen LogP contribution in [-0.4, -0.2) is 68.4 Å². The third kappa shape index (κ3) is 5.46. The van der Waals surface area contributed by atoms with E-state index in [1.165, 1.54) is 0 Å². The molecule has 5 N–H and O–H groups in total. The number of hydrogen-bond acceptors (Lipinski definition) is 7. The van der Waals surface area contributed by atoms with Crippen LogP contribution in [-0.2, 0) is 16.1 Å². The van der Waals surface area contributed by atoms with Gasteiger partial charge >= 0.3 is 17.8 Å². The summed E-state index contributed by atoms with van der Waals surface area (Å²) in [6, 6.07) is 7.46. The number of benzene rings is 1. The molecule has 1 aromatic carbocycles. The predicted octanol–water partition coefficient (Wildman–Crippen LogP) is 0.0467. The van der Waals surface area contributed by atoms with Crippen LogP contribution in [0, 0.1) is 0 Å². The number of nitrogens with one attached hydrogen (secondary N) is 2. The number of halogens is 3. The number of primary amides is 1. The van der Waals surface area contributed by atoms with Crippen LogP contribution < -0.4 is 27.2 Å². The van der Waals surface area contributed by atoms with Crippen molar-refractivity contribution in [1.29, 1.82) is 0 Å². The van der Waals surface area contributed by atoms with E-state index in [0.717, 1.165) is 23.2 Å². The molecule has 0 aliphatic carbocycles. The van der Waals surface area contributed by atoms with Crippen molar-refractivity contribution in [3.8, 4) is 5.69 Å². The molecule has 12 nitrogen and oxygen atoms in total. The molecule has 0 saturated carbocycles. The topological polar surface area (TPSA) is 168 Å². The van der Waals surface area contributed by atoms with Crippen molar-refractivity contribution in [3.63, 3.8) is 0 Å². The van der Waals surface area contributed by atoms with Crippen LogP contribution in [0.3, 0.4) is 0 Å². The summed E-state index contributed by atoms with van der Waals surface area (Å²) in [5.41, 5.74) is 5.79. The molecule has 1 aliphatic rings. The van der Waals surface area contributed by atoms with E-state index in [2.05, 4.69) is 21.9 Å². The largest absolute Gasteiger partial charge is 0.490 e. The summed E-state index contributed by atoms with van der Waals surface area (Å²) in [6.45, 7) is 6.35. The number of fused-ring (bicyclic) bond motifs is 1. The minimum absolute atomic E-state index is 0.116.